The Morgan fingerprint density at radius 2 is 1.35 bits per heavy atom. The molecule has 1 aromatic rings. The summed E-state index contributed by atoms with van der Waals surface area (Å²) in [6.07, 6.45) is 28.6. The molecule has 12 nitrogen and oxygen atoms in total. The van der Waals surface area contributed by atoms with E-state index in [-0.39, 0.29) is 37.0 Å². The van der Waals surface area contributed by atoms with Crippen molar-refractivity contribution in [2.45, 2.75) is 174 Å². The van der Waals surface area contributed by atoms with Gasteiger partial charge in [-0.3, -0.25) is 23.9 Å². The van der Waals surface area contributed by atoms with Crippen LogP contribution in [-0.4, -0.2) is 71.7 Å². The Bertz CT molecular complexity index is 1100. The maximum atomic E-state index is 12.3. The first-order valence-electron chi connectivity index (χ1n) is 20.1. The normalized spacial score (nSPS) is 11.8. The van der Waals surface area contributed by atoms with Crippen LogP contribution in [0.4, 0.5) is 0 Å². The molecule has 0 aliphatic rings. The number of carbonyl (C=O) groups excluding carboxylic acids is 4. The molecule has 0 fully saturated rings. The van der Waals surface area contributed by atoms with Gasteiger partial charge in [0, 0.05) is 67.9 Å². The van der Waals surface area contributed by atoms with E-state index >= 15 is 0 Å². The third-order valence-electron chi connectivity index (χ3n) is 8.80. The molecule has 13 heteroatoms. The lowest BCUT2D eigenvalue weighted by Gasteiger charge is -2.17. The zero-order valence-corrected chi connectivity index (χ0v) is 33.5. The van der Waals surface area contributed by atoms with Gasteiger partial charge in [0.1, 0.15) is 6.61 Å². The molecule has 0 aliphatic heterocycles. The first kappa shape index (κ1) is 47.2. The molecule has 0 saturated heterocycles. The number of nitrogens with zero attached hydrogens (tertiary/aromatic N) is 3. The number of carbonyl (C=O) groups is 4. The van der Waals surface area contributed by atoms with Crippen LogP contribution >= 0.6 is 9.47 Å². The van der Waals surface area contributed by atoms with Gasteiger partial charge < -0.3 is 24.6 Å². The number of hydrogen-bond donors (Lipinski definition) is 2. The minimum Gasteiger partial charge on any atom is -0.462 e. The fraction of sp³-hybridized carbons (Fsp3) is 0.795. The van der Waals surface area contributed by atoms with Crippen LogP contribution in [0.2, 0.25) is 0 Å². The van der Waals surface area contributed by atoms with Gasteiger partial charge >= 0.3 is 11.9 Å². The van der Waals surface area contributed by atoms with Gasteiger partial charge in [-0.25, -0.2) is 0 Å². The Balaban J connectivity index is 1.99. The number of esters is 2. The van der Waals surface area contributed by atoms with Crippen LogP contribution in [0.3, 0.4) is 0 Å². The van der Waals surface area contributed by atoms with Crippen molar-refractivity contribution < 1.29 is 33.2 Å². The number of ether oxygens (including phenoxy) is 2. The molecule has 0 aliphatic carbocycles. The smallest absolute Gasteiger partial charge is 0.306 e. The summed E-state index contributed by atoms with van der Waals surface area (Å²) in [4.78, 5) is 48.1. The molecule has 0 radical (unpaired) electrons. The van der Waals surface area contributed by atoms with E-state index in [1.807, 2.05) is 6.20 Å². The van der Waals surface area contributed by atoms with E-state index in [9.17, 15) is 19.2 Å². The van der Waals surface area contributed by atoms with Crippen molar-refractivity contribution in [1.82, 2.24) is 25.6 Å². The van der Waals surface area contributed by atoms with Gasteiger partial charge in [0.15, 0.2) is 6.10 Å². The molecule has 2 amide bonds. The molecule has 0 spiro atoms. The molecule has 1 aromatic heterocycles. The average molecular weight is 752 g/mol. The fourth-order valence-corrected chi connectivity index (χ4v) is 5.85. The molecule has 298 valence electrons. The lowest BCUT2D eigenvalue weighted by atomic mass is 10.1. The van der Waals surface area contributed by atoms with Gasteiger partial charge in [0.05, 0.1) is 12.3 Å². The van der Waals surface area contributed by atoms with Crippen LogP contribution in [0, 0.1) is 0 Å². The maximum Gasteiger partial charge on any atom is 0.306 e. The SMILES string of the molecule is CCCCCCCC/C=C\CCCCCCCC(=O)O[C@@H](COP)COC(=O)CCCCCCCC(=O)NCCCn1cc(CCC(=O)NC)nn1. The standard InChI is InChI=1S/C39H70N5O7P/c1-3-4-5-6-7-8-9-10-11-12-13-14-15-18-22-26-39(48)51-35(33-50-52)32-49-38(47)25-21-19-16-17-20-24-37(46)41-29-23-30-44-31-34(42-43-44)27-28-36(45)40-2/h10-11,31,35H,3-9,12-30,32-33,52H2,1-2H3,(H,40,45)(H,41,46)/b11-10-/t35-/m1/s1. The second-order valence-corrected chi connectivity index (χ2v) is 13.9. The average Bonchev–Trinajstić information content (AvgIpc) is 3.60. The summed E-state index contributed by atoms with van der Waals surface area (Å²) in [6.45, 7) is 3.59. The van der Waals surface area contributed by atoms with Crippen LogP contribution in [0.15, 0.2) is 18.3 Å². The van der Waals surface area contributed by atoms with E-state index < -0.39 is 6.10 Å². The van der Waals surface area contributed by atoms with Gasteiger partial charge in [0.2, 0.25) is 11.8 Å². The molecular formula is C39H70N5O7P. The predicted molar refractivity (Wildman–Crippen MR) is 208 cm³/mol. The van der Waals surface area contributed by atoms with Gasteiger partial charge in [-0.15, -0.1) is 5.10 Å². The van der Waals surface area contributed by atoms with Crippen molar-refractivity contribution in [3.63, 3.8) is 0 Å². The van der Waals surface area contributed by atoms with Crippen molar-refractivity contribution >= 4 is 33.2 Å². The van der Waals surface area contributed by atoms with E-state index in [4.69, 9.17) is 14.0 Å². The fourth-order valence-electron chi connectivity index (χ4n) is 5.64. The number of rotatable bonds is 35. The Morgan fingerprint density at radius 3 is 1.98 bits per heavy atom. The highest BCUT2D eigenvalue weighted by molar-refractivity contribution is 7.09. The number of nitrogens with one attached hydrogen (secondary N) is 2. The minimum absolute atomic E-state index is 0.0144. The number of aryl methyl sites for hydroxylation is 2. The third kappa shape index (κ3) is 28.7. The van der Waals surface area contributed by atoms with Gasteiger partial charge in [-0.2, -0.15) is 0 Å². The Labute approximate surface area is 316 Å². The monoisotopic (exact) mass is 752 g/mol. The van der Waals surface area contributed by atoms with Crippen LogP contribution < -0.4 is 10.6 Å². The van der Waals surface area contributed by atoms with Crippen LogP contribution in [0.5, 0.6) is 0 Å². The molecule has 0 saturated carbocycles. The van der Waals surface area contributed by atoms with Gasteiger partial charge in [-0.1, -0.05) is 94.9 Å². The van der Waals surface area contributed by atoms with Crippen LogP contribution in [0.25, 0.3) is 0 Å². The number of hydrogen-bond acceptors (Lipinski definition) is 9. The summed E-state index contributed by atoms with van der Waals surface area (Å²) in [5, 5.41) is 13.7. The Kier molecular flexibility index (Phi) is 30.8. The quantitative estimate of drug-likeness (QED) is 0.0311. The predicted octanol–water partition coefficient (Wildman–Crippen LogP) is 7.49. The molecule has 1 heterocycles. The van der Waals surface area contributed by atoms with E-state index in [0.717, 1.165) is 63.5 Å². The summed E-state index contributed by atoms with van der Waals surface area (Å²) in [5.41, 5.74) is 0.775. The van der Waals surface area contributed by atoms with E-state index in [1.165, 1.54) is 57.8 Å². The molecule has 0 aromatic carbocycles. The molecule has 2 atom stereocenters. The highest BCUT2D eigenvalue weighted by atomic mass is 31.0. The van der Waals surface area contributed by atoms with Crippen molar-refractivity contribution in [1.29, 1.82) is 0 Å². The molecule has 0 bridgehead atoms. The molecule has 1 rings (SSSR count). The van der Waals surface area contributed by atoms with Crippen LogP contribution in [0.1, 0.15) is 160 Å². The highest BCUT2D eigenvalue weighted by Crippen LogP contribution is 2.12. The second-order valence-electron chi connectivity index (χ2n) is 13.6. The maximum absolute atomic E-state index is 12.3. The summed E-state index contributed by atoms with van der Waals surface area (Å²) >= 11 is 0. The number of unbranched alkanes of at least 4 members (excludes halogenated alkanes) is 15. The minimum atomic E-state index is -0.620. The van der Waals surface area contributed by atoms with E-state index in [2.05, 4.69) is 49.5 Å². The molecule has 2 N–H and O–H groups in total. The number of amides is 2. The summed E-state index contributed by atoms with van der Waals surface area (Å²) in [7, 11) is 3.75. The van der Waals surface area contributed by atoms with E-state index in [1.54, 1.807) is 11.7 Å². The van der Waals surface area contributed by atoms with E-state index in [0.29, 0.717) is 51.6 Å². The largest absolute Gasteiger partial charge is 0.462 e. The number of aromatic nitrogens is 3. The van der Waals surface area contributed by atoms with Crippen molar-refractivity contribution in [3.8, 4) is 0 Å². The lowest BCUT2D eigenvalue weighted by molar-refractivity contribution is -0.160. The van der Waals surface area contributed by atoms with Crippen molar-refractivity contribution in [2.75, 3.05) is 26.8 Å². The zero-order valence-electron chi connectivity index (χ0n) is 32.4. The first-order chi connectivity index (χ1) is 25.4. The zero-order chi connectivity index (χ0) is 37.9. The Hall–Kier alpha value is -2.85. The summed E-state index contributed by atoms with van der Waals surface area (Å²) in [6, 6.07) is 0. The third-order valence-corrected chi connectivity index (χ3v) is 8.99. The summed E-state index contributed by atoms with van der Waals surface area (Å²) < 4.78 is 17.7. The lowest BCUT2D eigenvalue weighted by Crippen LogP contribution is -2.28. The van der Waals surface area contributed by atoms with Crippen LogP contribution in [-0.2, 0) is 46.1 Å². The molecule has 1 unspecified atom stereocenters. The second kappa shape index (κ2) is 34.0. The van der Waals surface area contributed by atoms with Gasteiger partial charge in [-0.05, 0) is 51.4 Å². The van der Waals surface area contributed by atoms with Gasteiger partial charge in [0.25, 0.3) is 0 Å². The molecular weight excluding hydrogens is 681 g/mol. The number of allylic oxidation sites excluding steroid dienone is 2. The highest BCUT2D eigenvalue weighted by Gasteiger charge is 2.17. The van der Waals surface area contributed by atoms with Crippen molar-refractivity contribution in [2.24, 2.45) is 0 Å². The summed E-state index contributed by atoms with van der Waals surface area (Å²) in [5.74, 6) is -0.593. The Morgan fingerprint density at radius 1 is 0.750 bits per heavy atom. The van der Waals surface area contributed by atoms with Crippen molar-refractivity contribution in [3.05, 3.63) is 24.0 Å². The first-order valence-corrected chi connectivity index (χ1v) is 20.5. The topological polar surface area (TPSA) is 151 Å². The molecule has 52 heavy (non-hydrogen) atoms.